The van der Waals surface area contributed by atoms with E-state index < -0.39 is 17.9 Å². The lowest BCUT2D eigenvalue weighted by Gasteiger charge is -2.10. The molecule has 0 unspecified atom stereocenters. The molecule has 0 fully saturated rings. The summed E-state index contributed by atoms with van der Waals surface area (Å²) in [5.41, 5.74) is 1.72. The van der Waals surface area contributed by atoms with Crippen LogP contribution in [0.4, 0.5) is 13.2 Å². The van der Waals surface area contributed by atoms with Gasteiger partial charge in [-0.05, 0) is 24.0 Å². The van der Waals surface area contributed by atoms with Gasteiger partial charge in [0.15, 0.2) is 0 Å². The van der Waals surface area contributed by atoms with Crippen LogP contribution in [0.25, 0.3) is 0 Å². The molecule has 1 aliphatic carbocycles. The average molecular weight is 214 g/mol. The molecule has 0 saturated heterocycles. The Bertz CT molecular complexity index is 370. The lowest BCUT2D eigenvalue weighted by molar-refractivity contribution is -0.175. The van der Waals surface area contributed by atoms with E-state index in [4.69, 9.17) is 0 Å². The number of Topliss-reactive ketones (excluding diaryl/α,β-unsaturated/α-hetero) is 1. The SMILES string of the molecule is O=C(C1Cc2ccccc2C1)C(F)(F)F. The fourth-order valence-electron chi connectivity index (χ4n) is 1.98. The molecule has 0 amide bonds. The van der Waals surface area contributed by atoms with Crippen LogP contribution in [0, 0.1) is 5.92 Å². The molecule has 1 aromatic carbocycles. The maximum Gasteiger partial charge on any atom is 0.450 e. The first-order chi connectivity index (χ1) is 6.98. The molecule has 1 aliphatic rings. The molecule has 0 N–H and O–H groups in total. The minimum Gasteiger partial charge on any atom is -0.289 e. The van der Waals surface area contributed by atoms with E-state index in [1.807, 2.05) is 0 Å². The van der Waals surface area contributed by atoms with E-state index in [2.05, 4.69) is 0 Å². The van der Waals surface area contributed by atoms with Crippen molar-refractivity contribution in [2.24, 2.45) is 5.92 Å². The molecule has 0 heterocycles. The Morgan fingerprint density at radius 3 is 2.00 bits per heavy atom. The molecule has 15 heavy (non-hydrogen) atoms. The van der Waals surface area contributed by atoms with Gasteiger partial charge in [-0.15, -0.1) is 0 Å². The Hall–Kier alpha value is -1.32. The van der Waals surface area contributed by atoms with Gasteiger partial charge in [0.05, 0.1) is 0 Å². The number of benzene rings is 1. The first-order valence-electron chi connectivity index (χ1n) is 4.66. The number of alkyl halides is 3. The van der Waals surface area contributed by atoms with Crippen molar-refractivity contribution in [2.75, 3.05) is 0 Å². The molecule has 80 valence electrons. The highest BCUT2D eigenvalue weighted by atomic mass is 19.4. The molecule has 0 atom stereocenters. The number of carbonyl (C=O) groups excluding carboxylic acids is 1. The molecule has 0 radical (unpaired) electrons. The summed E-state index contributed by atoms with van der Waals surface area (Å²) in [6.45, 7) is 0. The van der Waals surface area contributed by atoms with Crippen LogP contribution in [-0.4, -0.2) is 12.0 Å². The highest BCUT2D eigenvalue weighted by molar-refractivity contribution is 5.87. The summed E-state index contributed by atoms with van der Waals surface area (Å²) in [4.78, 5) is 11.0. The number of rotatable bonds is 1. The van der Waals surface area contributed by atoms with Crippen LogP contribution in [0.2, 0.25) is 0 Å². The van der Waals surface area contributed by atoms with Crippen molar-refractivity contribution in [2.45, 2.75) is 19.0 Å². The fraction of sp³-hybridized carbons (Fsp3) is 0.364. The topological polar surface area (TPSA) is 17.1 Å². The van der Waals surface area contributed by atoms with Crippen LogP contribution < -0.4 is 0 Å². The smallest absolute Gasteiger partial charge is 0.289 e. The molecule has 0 aliphatic heterocycles. The molecular weight excluding hydrogens is 205 g/mol. The number of hydrogen-bond acceptors (Lipinski definition) is 1. The van der Waals surface area contributed by atoms with Gasteiger partial charge >= 0.3 is 6.18 Å². The van der Waals surface area contributed by atoms with Crippen molar-refractivity contribution in [1.29, 1.82) is 0 Å². The Balaban J connectivity index is 2.17. The van der Waals surface area contributed by atoms with Gasteiger partial charge in [0, 0.05) is 5.92 Å². The Kier molecular flexibility index (Phi) is 2.29. The standard InChI is InChI=1S/C11H9F3O/c12-11(13,14)10(15)9-5-7-3-1-2-4-8(7)6-9/h1-4,9H,5-6H2. The minimum absolute atomic E-state index is 0.217. The maximum atomic E-state index is 12.2. The van der Waals surface area contributed by atoms with Crippen molar-refractivity contribution >= 4 is 5.78 Å². The van der Waals surface area contributed by atoms with Crippen molar-refractivity contribution in [3.8, 4) is 0 Å². The lowest BCUT2D eigenvalue weighted by Crippen LogP contribution is -2.30. The molecule has 0 spiro atoms. The van der Waals surface area contributed by atoms with E-state index in [1.54, 1.807) is 24.3 Å². The summed E-state index contributed by atoms with van der Waals surface area (Å²) in [7, 11) is 0. The van der Waals surface area contributed by atoms with Gasteiger partial charge in [-0.3, -0.25) is 4.79 Å². The van der Waals surface area contributed by atoms with E-state index in [-0.39, 0.29) is 12.8 Å². The zero-order chi connectivity index (χ0) is 11.1. The van der Waals surface area contributed by atoms with E-state index in [0.29, 0.717) is 0 Å². The fourth-order valence-corrected chi connectivity index (χ4v) is 1.98. The molecule has 1 nitrogen and oxygen atoms in total. The van der Waals surface area contributed by atoms with Gasteiger partial charge in [0.2, 0.25) is 5.78 Å². The van der Waals surface area contributed by atoms with Gasteiger partial charge in [0.25, 0.3) is 0 Å². The van der Waals surface area contributed by atoms with Crippen LogP contribution in [0.15, 0.2) is 24.3 Å². The highest BCUT2D eigenvalue weighted by Gasteiger charge is 2.44. The zero-order valence-electron chi connectivity index (χ0n) is 7.84. The van der Waals surface area contributed by atoms with Gasteiger partial charge in [-0.1, -0.05) is 24.3 Å². The minimum atomic E-state index is -4.70. The third-order valence-electron chi connectivity index (χ3n) is 2.70. The summed E-state index contributed by atoms with van der Waals surface area (Å²) in [6, 6.07) is 7.11. The van der Waals surface area contributed by atoms with Gasteiger partial charge in [-0.25, -0.2) is 0 Å². The van der Waals surface area contributed by atoms with Crippen molar-refractivity contribution in [3.63, 3.8) is 0 Å². The quantitative estimate of drug-likeness (QED) is 0.702. The monoisotopic (exact) mass is 214 g/mol. The largest absolute Gasteiger partial charge is 0.450 e. The summed E-state index contributed by atoms with van der Waals surface area (Å²) in [5.74, 6) is -2.51. The lowest BCUT2D eigenvalue weighted by atomic mass is 10.0. The van der Waals surface area contributed by atoms with Crippen LogP contribution >= 0.6 is 0 Å². The van der Waals surface area contributed by atoms with Crippen molar-refractivity contribution < 1.29 is 18.0 Å². The third kappa shape index (κ3) is 1.89. The number of hydrogen-bond donors (Lipinski definition) is 0. The molecule has 0 bridgehead atoms. The zero-order valence-corrected chi connectivity index (χ0v) is 7.84. The first kappa shape index (κ1) is 10.2. The number of fused-ring (bicyclic) bond motifs is 1. The highest BCUT2D eigenvalue weighted by Crippen LogP contribution is 2.32. The summed E-state index contributed by atoms with van der Waals surface area (Å²) >= 11 is 0. The molecule has 1 aromatic rings. The van der Waals surface area contributed by atoms with Crippen LogP contribution in [0.1, 0.15) is 11.1 Å². The van der Waals surface area contributed by atoms with Gasteiger partial charge in [0.1, 0.15) is 0 Å². The molecule has 0 saturated carbocycles. The van der Waals surface area contributed by atoms with Crippen LogP contribution in [0.3, 0.4) is 0 Å². The first-order valence-corrected chi connectivity index (χ1v) is 4.66. The second-order valence-corrected chi connectivity index (χ2v) is 3.74. The summed E-state index contributed by atoms with van der Waals surface area (Å²) in [5, 5.41) is 0. The predicted molar refractivity (Wildman–Crippen MR) is 48.4 cm³/mol. The van der Waals surface area contributed by atoms with E-state index in [0.717, 1.165) is 11.1 Å². The third-order valence-corrected chi connectivity index (χ3v) is 2.70. The maximum absolute atomic E-state index is 12.2. The normalized spacial score (nSPS) is 16.5. The molecule has 0 aromatic heterocycles. The Morgan fingerprint density at radius 2 is 1.60 bits per heavy atom. The molecule has 4 heteroatoms. The van der Waals surface area contributed by atoms with E-state index >= 15 is 0 Å². The van der Waals surface area contributed by atoms with Gasteiger partial charge < -0.3 is 0 Å². The second-order valence-electron chi connectivity index (χ2n) is 3.74. The predicted octanol–water partition coefficient (Wildman–Crippen LogP) is 2.53. The summed E-state index contributed by atoms with van der Waals surface area (Å²) < 4.78 is 36.5. The van der Waals surface area contributed by atoms with Crippen LogP contribution in [0.5, 0.6) is 0 Å². The van der Waals surface area contributed by atoms with E-state index in [9.17, 15) is 18.0 Å². The Morgan fingerprint density at radius 1 is 1.13 bits per heavy atom. The second kappa shape index (κ2) is 3.36. The van der Waals surface area contributed by atoms with Gasteiger partial charge in [-0.2, -0.15) is 13.2 Å². The van der Waals surface area contributed by atoms with Crippen molar-refractivity contribution in [1.82, 2.24) is 0 Å². The molecular formula is C11H9F3O. The van der Waals surface area contributed by atoms with Crippen molar-refractivity contribution in [3.05, 3.63) is 35.4 Å². The average Bonchev–Trinajstić information content (AvgIpc) is 2.58. The summed E-state index contributed by atoms with van der Waals surface area (Å²) in [6.07, 6.45) is -4.27. The Labute approximate surface area is 84.9 Å². The number of ketones is 1. The van der Waals surface area contributed by atoms with E-state index in [1.165, 1.54) is 0 Å². The number of halogens is 3. The number of carbonyl (C=O) groups is 1. The molecule has 2 rings (SSSR count). The van der Waals surface area contributed by atoms with Crippen LogP contribution in [-0.2, 0) is 17.6 Å².